The molecule has 64 heavy (non-hydrogen) atoms. The second kappa shape index (κ2) is 15.6. The monoisotopic (exact) mass is 818 g/mol. The number of benzene rings is 10. The summed E-state index contributed by atoms with van der Waals surface area (Å²) in [5.41, 5.74) is 20.5. The predicted molar refractivity (Wildman–Crippen MR) is 262 cm³/mol. The molecule has 1 heterocycles. The van der Waals surface area contributed by atoms with Crippen LogP contribution in [0.5, 0.6) is 11.5 Å². The molecular weight excluding hydrogens is 777 g/mol. The van der Waals surface area contributed by atoms with Crippen LogP contribution in [0.4, 0.5) is 0 Å². The van der Waals surface area contributed by atoms with Crippen molar-refractivity contribution in [3.63, 3.8) is 0 Å². The van der Waals surface area contributed by atoms with Crippen LogP contribution in [-0.4, -0.2) is 6.79 Å². The smallest absolute Gasteiger partial charge is 0.231 e. The lowest BCUT2D eigenvalue weighted by Gasteiger charge is -2.35. The highest BCUT2D eigenvalue weighted by atomic mass is 16.7. The van der Waals surface area contributed by atoms with E-state index < -0.39 is 5.41 Å². The molecule has 2 nitrogen and oxygen atoms in total. The van der Waals surface area contributed by atoms with Gasteiger partial charge in [0.05, 0.1) is 5.41 Å². The topological polar surface area (TPSA) is 18.5 Å². The van der Waals surface area contributed by atoms with Crippen molar-refractivity contribution >= 4 is 0 Å². The van der Waals surface area contributed by atoms with Crippen molar-refractivity contribution in [1.29, 1.82) is 0 Å². The van der Waals surface area contributed by atoms with E-state index in [0.29, 0.717) is 0 Å². The second-order valence-corrected chi connectivity index (χ2v) is 16.7. The van der Waals surface area contributed by atoms with Gasteiger partial charge >= 0.3 is 0 Å². The summed E-state index contributed by atoms with van der Waals surface area (Å²) in [5, 5.41) is 0. The highest BCUT2D eigenvalue weighted by molar-refractivity contribution is 5.97. The van der Waals surface area contributed by atoms with Gasteiger partial charge in [-0.2, -0.15) is 0 Å². The van der Waals surface area contributed by atoms with E-state index in [1.54, 1.807) is 0 Å². The molecule has 10 aromatic rings. The Hall–Kier alpha value is -8.20. The predicted octanol–water partition coefficient (Wildman–Crippen LogP) is 15.8. The first kappa shape index (κ1) is 37.6. The Morgan fingerprint density at radius 3 is 1.14 bits per heavy atom. The summed E-state index contributed by atoms with van der Waals surface area (Å²) in [7, 11) is 0. The van der Waals surface area contributed by atoms with E-state index in [2.05, 4.69) is 243 Å². The van der Waals surface area contributed by atoms with Gasteiger partial charge in [-0.25, -0.2) is 0 Å². The maximum Gasteiger partial charge on any atom is 0.231 e. The molecule has 0 radical (unpaired) electrons. The molecule has 0 saturated heterocycles. The molecular formula is C62H42O2. The van der Waals surface area contributed by atoms with Crippen LogP contribution >= 0.6 is 0 Å². The third-order valence-electron chi connectivity index (χ3n) is 13.1. The van der Waals surface area contributed by atoms with E-state index >= 15 is 0 Å². The average molecular weight is 819 g/mol. The van der Waals surface area contributed by atoms with Crippen LogP contribution in [0.3, 0.4) is 0 Å². The van der Waals surface area contributed by atoms with Crippen molar-refractivity contribution in [3.8, 4) is 89.4 Å². The molecule has 0 amide bonds. The Kier molecular flexibility index (Phi) is 9.16. The highest BCUT2D eigenvalue weighted by Crippen LogP contribution is 2.61. The van der Waals surface area contributed by atoms with Gasteiger partial charge in [-0.1, -0.05) is 200 Å². The third kappa shape index (κ3) is 6.34. The van der Waals surface area contributed by atoms with Gasteiger partial charge in [0.2, 0.25) is 6.79 Å². The molecule has 0 fully saturated rings. The summed E-state index contributed by atoms with van der Waals surface area (Å²) >= 11 is 0. The molecule has 0 spiro atoms. The quantitative estimate of drug-likeness (QED) is 0.152. The molecule has 1 aliphatic carbocycles. The van der Waals surface area contributed by atoms with Crippen molar-refractivity contribution in [2.75, 3.05) is 6.79 Å². The van der Waals surface area contributed by atoms with Gasteiger partial charge in [0.1, 0.15) is 0 Å². The van der Waals surface area contributed by atoms with Crippen LogP contribution in [-0.2, 0) is 5.41 Å². The zero-order valence-corrected chi connectivity index (χ0v) is 35.1. The fourth-order valence-corrected chi connectivity index (χ4v) is 10.2. The Labute approximate surface area is 374 Å². The van der Waals surface area contributed by atoms with E-state index in [-0.39, 0.29) is 6.79 Å². The molecule has 0 aromatic heterocycles. The van der Waals surface area contributed by atoms with Gasteiger partial charge in [-0.15, -0.1) is 0 Å². The number of rotatable bonds is 8. The minimum atomic E-state index is -0.737. The summed E-state index contributed by atoms with van der Waals surface area (Å²) in [6, 6.07) is 88.4. The molecule has 302 valence electrons. The molecule has 1 aliphatic heterocycles. The van der Waals surface area contributed by atoms with E-state index in [1.165, 1.54) is 77.9 Å². The van der Waals surface area contributed by atoms with Gasteiger partial charge in [0, 0.05) is 0 Å². The lowest BCUT2D eigenvalue weighted by atomic mass is 9.66. The Morgan fingerprint density at radius 1 is 0.266 bits per heavy atom. The van der Waals surface area contributed by atoms with Crippen LogP contribution in [0.1, 0.15) is 22.3 Å². The number of hydrogen-bond donors (Lipinski definition) is 0. The Balaban J connectivity index is 1.12. The first-order valence-corrected chi connectivity index (χ1v) is 22.0. The molecule has 12 rings (SSSR count). The van der Waals surface area contributed by atoms with Crippen molar-refractivity contribution in [2.24, 2.45) is 0 Å². The lowest BCUT2D eigenvalue weighted by Crippen LogP contribution is -2.28. The Morgan fingerprint density at radius 2 is 0.641 bits per heavy atom. The third-order valence-corrected chi connectivity index (χ3v) is 13.1. The molecule has 0 atom stereocenters. The number of fused-ring (bicyclic) bond motifs is 4. The van der Waals surface area contributed by atoms with Crippen molar-refractivity contribution in [1.82, 2.24) is 0 Å². The molecule has 2 heteroatoms. The molecule has 0 saturated carbocycles. The zero-order valence-electron chi connectivity index (χ0n) is 35.1. The van der Waals surface area contributed by atoms with Crippen molar-refractivity contribution in [2.45, 2.75) is 5.41 Å². The zero-order chi connectivity index (χ0) is 42.5. The largest absolute Gasteiger partial charge is 0.454 e. The number of ether oxygens (including phenoxy) is 2. The van der Waals surface area contributed by atoms with Crippen LogP contribution < -0.4 is 9.47 Å². The molecule has 0 bridgehead atoms. The summed E-state index contributed by atoms with van der Waals surface area (Å²) in [6.07, 6.45) is 0. The maximum atomic E-state index is 6.24. The Bertz CT molecular complexity index is 3220. The molecule has 2 aliphatic rings. The summed E-state index contributed by atoms with van der Waals surface area (Å²) in [6.45, 7) is 0.194. The van der Waals surface area contributed by atoms with Gasteiger partial charge in [-0.3, -0.25) is 0 Å². The average Bonchev–Trinajstić information content (AvgIpc) is 3.97. The standard InChI is InChI=1S/C62H42O2/c1-4-16-42(17-5-1)45-22-10-25-48(34-45)50-27-13-30-53(37-50)62(54-31-14-28-51(38-54)49-26-11-23-46(35-49)43-18-6-2-7-19-43)57-33-15-32-55(52-29-12-24-47(36-52)44-20-8-3-9-21-44)61(57)56-39-59-60(40-58(56)62)64-41-63-59/h1-40H,41H2. The maximum absolute atomic E-state index is 6.24. The SMILES string of the molecule is c1ccc(-c2cccc(-c3cccc(C4(c5cccc(-c6cccc(-c7ccccc7)c6)c5)c5cc6c(cc5-c5c(-c7cccc(-c8ccccc8)c7)cccc54)OCO6)c3)c2)cc1. The summed E-state index contributed by atoms with van der Waals surface area (Å²) < 4.78 is 12.4. The van der Waals surface area contributed by atoms with E-state index in [4.69, 9.17) is 9.47 Å². The van der Waals surface area contributed by atoms with Gasteiger partial charge in [0.25, 0.3) is 0 Å². The molecule has 0 N–H and O–H groups in total. The van der Waals surface area contributed by atoms with Crippen molar-refractivity contribution < 1.29 is 9.47 Å². The normalized spacial score (nSPS) is 13.0. The first-order chi connectivity index (χ1) is 31.7. The summed E-state index contributed by atoms with van der Waals surface area (Å²) in [5.74, 6) is 1.54. The van der Waals surface area contributed by atoms with Crippen molar-refractivity contribution in [3.05, 3.63) is 265 Å². The lowest BCUT2D eigenvalue weighted by molar-refractivity contribution is 0.174. The summed E-state index contributed by atoms with van der Waals surface area (Å²) in [4.78, 5) is 0. The highest BCUT2D eigenvalue weighted by Gasteiger charge is 2.48. The van der Waals surface area contributed by atoms with Crippen LogP contribution in [0.2, 0.25) is 0 Å². The fraction of sp³-hybridized carbons (Fsp3) is 0.0323. The van der Waals surface area contributed by atoms with Gasteiger partial charge in [0.15, 0.2) is 11.5 Å². The van der Waals surface area contributed by atoms with Gasteiger partial charge < -0.3 is 9.47 Å². The minimum Gasteiger partial charge on any atom is -0.454 e. The second-order valence-electron chi connectivity index (χ2n) is 16.7. The van der Waals surface area contributed by atoms with E-state index in [0.717, 1.165) is 33.8 Å². The fourth-order valence-electron chi connectivity index (χ4n) is 10.2. The minimum absolute atomic E-state index is 0.194. The van der Waals surface area contributed by atoms with Gasteiger partial charge in [-0.05, 0) is 143 Å². The van der Waals surface area contributed by atoms with E-state index in [9.17, 15) is 0 Å². The van der Waals surface area contributed by atoms with Crippen LogP contribution in [0, 0.1) is 0 Å². The van der Waals surface area contributed by atoms with Crippen LogP contribution in [0.25, 0.3) is 77.9 Å². The molecule has 0 unspecified atom stereocenters. The molecule has 10 aromatic carbocycles. The first-order valence-electron chi connectivity index (χ1n) is 22.0. The van der Waals surface area contributed by atoms with E-state index in [1.807, 2.05) is 0 Å². The van der Waals surface area contributed by atoms with Crippen LogP contribution in [0.15, 0.2) is 243 Å². The number of hydrogen-bond acceptors (Lipinski definition) is 2.